The molecule has 0 spiro atoms. The highest BCUT2D eigenvalue weighted by Crippen LogP contribution is 2.15. The highest BCUT2D eigenvalue weighted by atomic mass is 16.5. The second-order valence-electron chi connectivity index (χ2n) is 6.20. The summed E-state index contributed by atoms with van der Waals surface area (Å²) < 4.78 is 5.17. The van der Waals surface area contributed by atoms with Crippen LogP contribution in [0.4, 0.5) is 4.79 Å². The molecule has 27 heavy (non-hydrogen) atoms. The Morgan fingerprint density at radius 3 is 2.93 bits per heavy atom. The van der Waals surface area contributed by atoms with E-state index < -0.39 is 12.1 Å². The number of carbonyl (C=O) groups is 3. The van der Waals surface area contributed by atoms with Crippen LogP contribution < -0.4 is 5.32 Å². The van der Waals surface area contributed by atoms with Crippen molar-refractivity contribution >= 4 is 17.8 Å². The van der Waals surface area contributed by atoms with Gasteiger partial charge in [0.15, 0.2) is 0 Å². The third kappa shape index (κ3) is 4.10. The summed E-state index contributed by atoms with van der Waals surface area (Å²) in [5.41, 5.74) is 0.705. The molecule has 3 heterocycles. The van der Waals surface area contributed by atoms with Crippen LogP contribution in [-0.4, -0.2) is 62.4 Å². The van der Waals surface area contributed by atoms with Crippen molar-refractivity contribution in [1.29, 1.82) is 0 Å². The summed E-state index contributed by atoms with van der Waals surface area (Å²) in [5.74, 6) is -0.0418. The van der Waals surface area contributed by atoms with E-state index in [1.807, 2.05) is 6.92 Å². The van der Waals surface area contributed by atoms with Gasteiger partial charge >= 0.3 is 6.03 Å². The Bertz CT molecular complexity index is 837. The molecule has 1 saturated heterocycles. The summed E-state index contributed by atoms with van der Waals surface area (Å²) in [6.07, 6.45) is 3.79. The Labute approximate surface area is 155 Å². The van der Waals surface area contributed by atoms with E-state index in [-0.39, 0.29) is 30.7 Å². The maximum atomic E-state index is 12.4. The van der Waals surface area contributed by atoms with E-state index in [1.165, 1.54) is 4.90 Å². The number of urea groups is 1. The zero-order valence-electron chi connectivity index (χ0n) is 15.1. The molecule has 0 bridgehead atoms. The molecular formula is C17H20N6O4. The fraction of sp³-hybridized carbons (Fsp3) is 0.412. The third-order valence-electron chi connectivity index (χ3n) is 4.12. The number of amides is 4. The lowest BCUT2D eigenvalue weighted by atomic mass is 10.2. The highest BCUT2D eigenvalue weighted by Gasteiger charge is 2.38. The number of imide groups is 1. The zero-order valence-corrected chi connectivity index (χ0v) is 15.1. The first-order chi connectivity index (χ1) is 13.0. The van der Waals surface area contributed by atoms with E-state index in [0.29, 0.717) is 24.4 Å². The van der Waals surface area contributed by atoms with Gasteiger partial charge in [-0.25, -0.2) is 4.79 Å². The van der Waals surface area contributed by atoms with Crippen molar-refractivity contribution in [3.05, 3.63) is 30.4 Å². The van der Waals surface area contributed by atoms with Gasteiger partial charge in [-0.1, -0.05) is 12.1 Å². The minimum absolute atomic E-state index is 0.0969. The lowest BCUT2D eigenvalue weighted by molar-refractivity contribution is -0.135. The van der Waals surface area contributed by atoms with Crippen molar-refractivity contribution < 1.29 is 18.9 Å². The predicted molar refractivity (Wildman–Crippen MR) is 92.9 cm³/mol. The number of pyridine rings is 1. The van der Waals surface area contributed by atoms with Gasteiger partial charge in [-0.05, 0) is 18.6 Å². The first-order valence-corrected chi connectivity index (χ1v) is 8.58. The molecule has 0 unspecified atom stereocenters. The maximum Gasteiger partial charge on any atom is 0.324 e. The first kappa shape index (κ1) is 18.5. The van der Waals surface area contributed by atoms with Gasteiger partial charge in [-0.2, -0.15) is 4.98 Å². The van der Waals surface area contributed by atoms with E-state index in [4.69, 9.17) is 4.52 Å². The van der Waals surface area contributed by atoms with Gasteiger partial charge in [-0.15, -0.1) is 0 Å². The molecule has 142 valence electrons. The fourth-order valence-corrected chi connectivity index (χ4v) is 2.70. The van der Waals surface area contributed by atoms with Crippen LogP contribution in [0, 0.1) is 0 Å². The number of nitrogens with zero attached hydrogens (tertiary/aromatic N) is 5. The van der Waals surface area contributed by atoms with Crippen LogP contribution in [0.25, 0.3) is 11.4 Å². The summed E-state index contributed by atoms with van der Waals surface area (Å²) in [7, 11) is 1.57. The number of carbonyl (C=O) groups excluding carboxylic acids is 3. The van der Waals surface area contributed by atoms with Gasteiger partial charge < -0.3 is 14.7 Å². The Morgan fingerprint density at radius 2 is 2.22 bits per heavy atom. The van der Waals surface area contributed by atoms with Crippen LogP contribution in [0.2, 0.25) is 0 Å². The minimum atomic E-state index is -0.840. The summed E-state index contributed by atoms with van der Waals surface area (Å²) in [6, 6.07) is 2.26. The van der Waals surface area contributed by atoms with Crippen molar-refractivity contribution in [2.24, 2.45) is 0 Å². The van der Waals surface area contributed by atoms with Crippen molar-refractivity contribution in [3.63, 3.8) is 0 Å². The number of hydrogen-bond acceptors (Lipinski definition) is 7. The molecule has 1 N–H and O–H groups in total. The normalized spacial score (nSPS) is 16.5. The molecule has 10 nitrogen and oxygen atoms in total. The minimum Gasteiger partial charge on any atom is -0.337 e. The molecule has 1 aliphatic heterocycles. The lowest BCUT2D eigenvalue weighted by Gasteiger charge is -2.16. The largest absolute Gasteiger partial charge is 0.337 e. The molecule has 1 atom stereocenters. The Hall–Kier alpha value is -3.30. The van der Waals surface area contributed by atoms with Crippen LogP contribution in [0.15, 0.2) is 29.0 Å². The average Bonchev–Trinajstić information content (AvgIpc) is 3.23. The second kappa shape index (κ2) is 7.94. The monoisotopic (exact) mass is 372 g/mol. The zero-order chi connectivity index (χ0) is 19.4. The fourth-order valence-electron chi connectivity index (χ4n) is 2.70. The van der Waals surface area contributed by atoms with Gasteiger partial charge in [0, 0.05) is 31.5 Å². The van der Waals surface area contributed by atoms with Crippen molar-refractivity contribution in [2.45, 2.75) is 32.4 Å². The topological polar surface area (TPSA) is 122 Å². The molecular weight excluding hydrogens is 352 g/mol. The number of nitrogens with one attached hydrogen (secondary N) is 1. The van der Waals surface area contributed by atoms with Gasteiger partial charge in [0.05, 0.1) is 13.0 Å². The maximum absolute atomic E-state index is 12.4. The van der Waals surface area contributed by atoms with Crippen molar-refractivity contribution in [3.8, 4) is 11.4 Å². The number of rotatable bonds is 7. The van der Waals surface area contributed by atoms with Crippen LogP contribution in [0.3, 0.4) is 0 Å². The quantitative estimate of drug-likeness (QED) is 0.714. The molecule has 10 heteroatoms. The second-order valence-corrected chi connectivity index (χ2v) is 6.20. The Balaban J connectivity index is 1.58. The molecule has 3 rings (SSSR count). The lowest BCUT2D eigenvalue weighted by Crippen LogP contribution is -2.37. The van der Waals surface area contributed by atoms with E-state index in [0.717, 1.165) is 4.90 Å². The van der Waals surface area contributed by atoms with E-state index >= 15 is 0 Å². The van der Waals surface area contributed by atoms with Gasteiger partial charge in [0.25, 0.3) is 5.91 Å². The summed E-state index contributed by atoms with van der Waals surface area (Å²) >= 11 is 0. The molecule has 0 saturated carbocycles. The van der Waals surface area contributed by atoms with Crippen molar-refractivity contribution in [1.82, 2.24) is 30.2 Å². The molecule has 1 fully saturated rings. The van der Waals surface area contributed by atoms with Gasteiger partial charge in [0.2, 0.25) is 17.6 Å². The van der Waals surface area contributed by atoms with Gasteiger partial charge in [0.1, 0.15) is 6.04 Å². The Morgan fingerprint density at radius 1 is 1.41 bits per heavy atom. The van der Waals surface area contributed by atoms with E-state index in [1.54, 1.807) is 31.6 Å². The SMILES string of the molecule is CCCN1C(=O)N[C@@H](CC(=O)N(C)Cc2nc(-c3cccnc3)no2)C1=O. The van der Waals surface area contributed by atoms with E-state index in [9.17, 15) is 14.4 Å². The van der Waals surface area contributed by atoms with Crippen LogP contribution in [-0.2, 0) is 16.1 Å². The standard InChI is InChI=1S/C17H20N6O4/c1-3-7-23-16(25)12(19-17(23)26)8-14(24)22(2)10-13-20-15(21-27-13)11-5-4-6-18-9-11/h4-6,9,12H,3,7-8,10H2,1-2H3,(H,19,26)/t12-/m0/s1. The third-order valence-corrected chi connectivity index (χ3v) is 4.12. The van der Waals surface area contributed by atoms with Crippen LogP contribution in [0.1, 0.15) is 25.7 Å². The van der Waals surface area contributed by atoms with E-state index in [2.05, 4.69) is 20.4 Å². The van der Waals surface area contributed by atoms with Crippen LogP contribution in [0.5, 0.6) is 0 Å². The highest BCUT2D eigenvalue weighted by molar-refractivity contribution is 6.05. The summed E-state index contributed by atoms with van der Waals surface area (Å²) in [4.78, 5) is 47.2. The molecule has 0 radical (unpaired) electrons. The van der Waals surface area contributed by atoms with Crippen molar-refractivity contribution in [2.75, 3.05) is 13.6 Å². The van der Waals surface area contributed by atoms with Gasteiger partial charge in [-0.3, -0.25) is 19.5 Å². The predicted octanol–water partition coefficient (Wildman–Crippen LogP) is 0.810. The summed E-state index contributed by atoms with van der Waals surface area (Å²) in [5, 5.41) is 6.42. The smallest absolute Gasteiger partial charge is 0.324 e. The average molecular weight is 372 g/mol. The summed E-state index contributed by atoms with van der Waals surface area (Å²) in [6.45, 7) is 2.31. The molecule has 1 aliphatic rings. The number of hydrogen-bond donors (Lipinski definition) is 1. The molecule has 0 aromatic carbocycles. The molecule has 2 aromatic rings. The first-order valence-electron chi connectivity index (χ1n) is 8.58. The van der Waals surface area contributed by atoms with Crippen LogP contribution >= 0.6 is 0 Å². The molecule has 4 amide bonds. The molecule has 0 aliphatic carbocycles. The Kier molecular flexibility index (Phi) is 5.43. The molecule has 2 aromatic heterocycles. The number of aromatic nitrogens is 3.